The highest BCUT2D eigenvalue weighted by Gasteiger charge is 2.37. The number of hydrogen-bond acceptors (Lipinski definition) is 3. The zero-order valence-corrected chi connectivity index (χ0v) is 17.0. The van der Waals surface area contributed by atoms with Crippen molar-refractivity contribution in [3.63, 3.8) is 0 Å². The van der Waals surface area contributed by atoms with Crippen molar-refractivity contribution in [2.45, 2.75) is 50.9 Å². The van der Waals surface area contributed by atoms with Crippen LogP contribution >= 0.6 is 15.9 Å². The van der Waals surface area contributed by atoms with Crippen molar-refractivity contribution in [1.82, 2.24) is 5.32 Å². The molecule has 5 heteroatoms. The maximum atomic E-state index is 12.6. The van der Waals surface area contributed by atoms with Crippen LogP contribution in [0.15, 0.2) is 59.1 Å². The summed E-state index contributed by atoms with van der Waals surface area (Å²) in [5, 5.41) is 24.3. The van der Waals surface area contributed by atoms with E-state index in [9.17, 15) is 15.0 Å². The number of halogens is 1. The molecule has 26 heavy (non-hydrogen) atoms. The van der Waals surface area contributed by atoms with E-state index in [1.807, 2.05) is 49.4 Å². The highest BCUT2D eigenvalue weighted by molar-refractivity contribution is 9.10. The zero-order chi connectivity index (χ0) is 19.4. The number of aliphatic hydroxyl groups is 2. The maximum Gasteiger partial charge on any atom is 0.223 e. The van der Waals surface area contributed by atoms with Crippen LogP contribution in [-0.4, -0.2) is 21.7 Å². The Bertz CT molecular complexity index is 725. The number of carbonyl (C=O) groups is 1. The molecule has 2 aromatic carbocycles. The first-order valence-corrected chi connectivity index (χ1v) is 9.43. The Morgan fingerprint density at radius 3 is 2.19 bits per heavy atom. The Morgan fingerprint density at radius 2 is 1.65 bits per heavy atom. The summed E-state index contributed by atoms with van der Waals surface area (Å²) in [4.78, 5) is 12.6. The lowest BCUT2D eigenvalue weighted by atomic mass is 9.81. The summed E-state index contributed by atoms with van der Waals surface area (Å²) in [6.45, 7) is 5.16. The first-order valence-electron chi connectivity index (χ1n) is 8.64. The molecule has 0 fully saturated rings. The summed E-state index contributed by atoms with van der Waals surface area (Å²) in [6, 6.07) is 16.6. The highest BCUT2D eigenvalue weighted by atomic mass is 79.9. The maximum absolute atomic E-state index is 12.6. The summed E-state index contributed by atoms with van der Waals surface area (Å²) in [5.74, 6) is -0.268. The van der Waals surface area contributed by atoms with E-state index in [-0.39, 0.29) is 24.8 Å². The molecule has 0 aliphatic carbocycles. The van der Waals surface area contributed by atoms with Crippen molar-refractivity contribution in [3.8, 4) is 0 Å². The molecule has 2 aromatic rings. The number of hydrogen-bond donors (Lipinski definition) is 3. The van der Waals surface area contributed by atoms with Gasteiger partial charge in [-0.05, 0) is 44.0 Å². The molecule has 0 heterocycles. The van der Waals surface area contributed by atoms with E-state index in [1.165, 1.54) is 0 Å². The predicted molar refractivity (Wildman–Crippen MR) is 107 cm³/mol. The van der Waals surface area contributed by atoms with E-state index in [4.69, 9.17) is 0 Å². The van der Waals surface area contributed by atoms with Crippen LogP contribution in [-0.2, 0) is 10.4 Å². The molecular formula is C21H26BrNO3. The van der Waals surface area contributed by atoms with Gasteiger partial charge in [-0.25, -0.2) is 0 Å². The molecule has 4 nitrogen and oxygen atoms in total. The molecule has 0 spiro atoms. The van der Waals surface area contributed by atoms with Gasteiger partial charge >= 0.3 is 0 Å². The Balaban J connectivity index is 2.14. The lowest BCUT2D eigenvalue weighted by molar-refractivity contribution is -0.130. The average Bonchev–Trinajstić information content (AvgIpc) is 2.54. The summed E-state index contributed by atoms with van der Waals surface area (Å²) in [7, 11) is 0. The van der Waals surface area contributed by atoms with Gasteiger partial charge in [0.05, 0.1) is 18.1 Å². The van der Waals surface area contributed by atoms with Crippen molar-refractivity contribution < 1.29 is 15.0 Å². The van der Waals surface area contributed by atoms with Gasteiger partial charge in [-0.3, -0.25) is 4.79 Å². The van der Waals surface area contributed by atoms with Crippen molar-refractivity contribution in [1.29, 1.82) is 0 Å². The number of amides is 1. The largest absolute Gasteiger partial charge is 0.390 e. The first kappa shape index (κ1) is 20.6. The van der Waals surface area contributed by atoms with Crippen molar-refractivity contribution >= 4 is 21.8 Å². The minimum Gasteiger partial charge on any atom is -0.390 e. The number of rotatable bonds is 7. The third-order valence-electron chi connectivity index (χ3n) is 4.24. The van der Waals surface area contributed by atoms with Crippen LogP contribution in [0.4, 0.5) is 0 Å². The summed E-state index contributed by atoms with van der Waals surface area (Å²) < 4.78 is 0.975. The normalized spacial score (nSPS) is 15.2. The van der Waals surface area contributed by atoms with Gasteiger partial charge in [-0.1, -0.05) is 58.4 Å². The molecule has 0 radical (unpaired) electrons. The molecule has 0 unspecified atom stereocenters. The highest BCUT2D eigenvalue weighted by Crippen LogP contribution is 2.34. The second-order valence-electron chi connectivity index (χ2n) is 7.40. The van der Waals surface area contributed by atoms with Crippen LogP contribution in [0.3, 0.4) is 0 Å². The molecule has 2 rings (SSSR count). The minimum absolute atomic E-state index is 0.0596. The van der Waals surface area contributed by atoms with Crippen LogP contribution < -0.4 is 5.32 Å². The fourth-order valence-electron chi connectivity index (χ4n) is 3.12. The van der Waals surface area contributed by atoms with Crippen molar-refractivity contribution in [2.24, 2.45) is 0 Å². The lowest BCUT2D eigenvalue weighted by Gasteiger charge is -2.34. The Morgan fingerprint density at radius 1 is 1.08 bits per heavy atom. The van der Waals surface area contributed by atoms with Gasteiger partial charge in [0.25, 0.3) is 0 Å². The van der Waals surface area contributed by atoms with Crippen LogP contribution in [0, 0.1) is 0 Å². The average molecular weight is 420 g/mol. The molecule has 0 aliphatic heterocycles. The number of benzene rings is 2. The van der Waals surface area contributed by atoms with Gasteiger partial charge < -0.3 is 15.5 Å². The fraction of sp³-hybridized carbons (Fsp3) is 0.381. The summed E-state index contributed by atoms with van der Waals surface area (Å²) in [6.07, 6.45) is -0.0635. The number of carbonyl (C=O) groups excluding carboxylic acids is 1. The van der Waals surface area contributed by atoms with E-state index >= 15 is 0 Å². The van der Waals surface area contributed by atoms with Gasteiger partial charge in [-0.15, -0.1) is 0 Å². The van der Waals surface area contributed by atoms with Crippen LogP contribution in [0.2, 0.25) is 0 Å². The third kappa shape index (κ3) is 5.94. The van der Waals surface area contributed by atoms with Crippen molar-refractivity contribution in [3.05, 3.63) is 70.2 Å². The van der Waals surface area contributed by atoms with Gasteiger partial charge in [-0.2, -0.15) is 0 Å². The summed E-state index contributed by atoms with van der Waals surface area (Å²) in [5.41, 5.74) is -0.952. The van der Waals surface area contributed by atoms with Gasteiger partial charge in [0.1, 0.15) is 5.60 Å². The van der Waals surface area contributed by atoms with E-state index in [0.29, 0.717) is 5.56 Å². The first-order chi connectivity index (χ1) is 12.1. The molecule has 3 N–H and O–H groups in total. The summed E-state index contributed by atoms with van der Waals surface area (Å²) >= 11 is 3.39. The predicted octanol–water partition coefficient (Wildman–Crippen LogP) is 4.07. The van der Waals surface area contributed by atoms with Crippen molar-refractivity contribution in [2.75, 3.05) is 0 Å². The standard InChI is InChI=1S/C21H26BrNO3/c1-15(16-9-11-18(22)12-10-16)23-19(24)13-21(26,14-20(2,3)25)17-7-5-4-6-8-17/h4-12,15,25-26H,13-14H2,1-3H3,(H,23,24)/t15-,21-/m0/s1. The molecule has 2 atom stereocenters. The van der Waals surface area contributed by atoms with E-state index < -0.39 is 11.2 Å². The van der Waals surface area contributed by atoms with Crippen LogP contribution in [0.1, 0.15) is 50.8 Å². The molecule has 0 aliphatic rings. The SMILES string of the molecule is C[C@H](NC(=O)C[C@](O)(CC(C)(C)O)c1ccccc1)c1ccc(Br)cc1. The third-order valence-corrected chi connectivity index (χ3v) is 4.77. The fourth-order valence-corrected chi connectivity index (χ4v) is 3.39. The zero-order valence-electron chi connectivity index (χ0n) is 15.4. The molecule has 140 valence electrons. The lowest BCUT2D eigenvalue weighted by Crippen LogP contribution is -2.40. The molecule has 0 bridgehead atoms. The topological polar surface area (TPSA) is 69.6 Å². The van der Waals surface area contributed by atoms with Gasteiger partial charge in [0.15, 0.2) is 0 Å². The Kier molecular flexibility index (Phi) is 6.61. The Hall–Kier alpha value is -1.69. The van der Waals surface area contributed by atoms with Gasteiger partial charge in [0, 0.05) is 10.9 Å². The number of nitrogens with one attached hydrogen (secondary N) is 1. The second-order valence-corrected chi connectivity index (χ2v) is 8.32. The molecule has 0 aromatic heterocycles. The molecular weight excluding hydrogens is 394 g/mol. The Labute approximate surface area is 163 Å². The molecule has 1 amide bonds. The van der Waals surface area contributed by atoms with Crippen LogP contribution in [0.25, 0.3) is 0 Å². The second kappa shape index (κ2) is 8.33. The monoisotopic (exact) mass is 419 g/mol. The minimum atomic E-state index is -1.44. The van der Waals surface area contributed by atoms with Gasteiger partial charge in [0.2, 0.25) is 5.91 Å². The van der Waals surface area contributed by atoms with E-state index in [2.05, 4.69) is 21.2 Å². The molecule has 0 saturated heterocycles. The molecule has 0 saturated carbocycles. The quantitative estimate of drug-likeness (QED) is 0.633. The van der Waals surface area contributed by atoms with E-state index in [1.54, 1.807) is 26.0 Å². The smallest absolute Gasteiger partial charge is 0.223 e. The van der Waals surface area contributed by atoms with Crippen LogP contribution in [0.5, 0.6) is 0 Å². The van der Waals surface area contributed by atoms with E-state index in [0.717, 1.165) is 10.0 Å².